The van der Waals surface area contributed by atoms with E-state index in [1.54, 1.807) is 28.4 Å². The predicted octanol–water partition coefficient (Wildman–Crippen LogP) is 3.15. The minimum Gasteiger partial charge on any atom is -0.550 e. The van der Waals surface area contributed by atoms with Gasteiger partial charge in [0.2, 0.25) is 0 Å². The topological polar surface area (TPSA) is 49.9 Å². The van der Waals surface area contributed by atoms with Gasteiger partial charge in [-0.15, -0.1) is 10.4 Å². The molecule has 0 aliphatic carbocycles. The molecule has 0 fully saturated rings. The molecule has 0 amide bonds. The molecule has 2 aromatic carbocycles. The van der Waals surface area contributed by atoms with Crippen molar-refractivity contribution in [3.63, 3.8) is 0 Å². The van der Waals surface area contributed by atoms with Crippen LogP contribution in [0, 0.1) is 0 Å². The molecule has 8 nitrogen and oxygen atoms in total. The van der Waals surface area contributed by atoms with E-state index in [9.17, 15) is 0 Å². The monoisotopic (exact) mass is 861 g/mol. The fourth-order valence-corrected chi connectivity index (χ4v) is 23.1. The van der Waals surface area contributed by atoms with Crippen molar-refractivity contribution < 1.29 is 56.7 Å². The van der Waals surface area contributed by atoms with Crippen molar-refractivity contribution in [2.24, 2.45) is 0 Å². The maximum atomic E-state index is 4.66. The molecule has 0 unspecified atom stereocenters. The molecular weight excluding hydrogens is 774 g/mol. The van der Waals surface area contributed by atoms with E-state index in [1.165, 1.54) is 26.4 Å². The third-order valence-corrected chi connectivity index (χ3v) is 23.1. The number of hydrogen-bond donors (Lipinski definition) is 0. The summed E-state index contributed by atoms with van der Waals surface area (Å²) in [7, 11) is 7.15. The predicted molar refractivity (Wildman–Crippen MR) is 259 cm³/mol. The van der Waals surface area contributed by atoms with Crippen molar-refractivity contribution >= 4 is 47.2 Å². The van der Waals surface area contributed by atoms with E-state index in [4.69, 9.17) is 0 Å². The Bertz CT molecular complexity index is 1090. The van der Waals surface area contributed by atoms with Crippen molar-refractivity contribution in [3.05, 3.63) is 60.7 Å². The van der Waals surface area contributed by atoms with Crippen molar-refractivity contribution in [1.29, 1.82) is 0 Å². The van der Waals surface area contributed by atoms with E-state index in [0.29, 0.717) is 74.8 Å². The first-order chi connectivity index (χ1) is 26.8. The molecule has 0 heterocycles. The zero-order valence-corrected chi connectivity index (χ0v) is 45.0. The molecular formula is C44H86B2Li2N4O4P2Si. The molecule has 2 rings (SSSR count). The average Bonchev–Trinajstić information content (AvgIpc) is 3.12. The zero-order valence-electron chi connectivity index (χ0n) is 42.2. The fourth-order valence-electron chi connectivity index (χ4n) is 7.60. The van der Waals surface area contributed by atoms with Crippen molar-refractivity contribution in [1.82, 2.24) is 19.2 Å². The van der Waals surface area contributed by atoms with Crippen LogP contribution in [0.5, 0.6) is 0 Å². The van der Waals surface area contributed by atoms with Crippen LogP contribution in [0.25, 0.3) is 0 Å². The summed E-state index contributed by atoms with van der Waals surface area (Å²) in [6.45, 7) is 41.7. The SMILES string of the molecule is CC(C)N(B([P-][Si]([P-]B(N(C(C)C)C(C)C)N(C(C)C)C(C)C)(c1ccccc1)c1ccccc1)N(C(C)C)C(C)C)C(C)C.COCCOC.COCCOC.[Li+].[Li+]. The molecule has 0 saturated heterocycles. The molecule has 328 valence electrons. The van der Waals surface area contributed by atoms with E-state index in [-0.39, 0.29) is 51.1 Å². The smallest absolute Gasteiger partial charge is 0.550 e. The summed E-state index contributed by atoms with van der Waals surface area (Å²) in [4.78, 5) is 11.2. The Morgan fingerprint density at radius 3 is 0.729 bits per heavy atom. The fraction of sp³-hybridized carbons (Fsp3) is 0.727. The maximum Gasteiger partial charge on any atom is 1.00 e. The molecule has 0 atom stereocenters. The van der Waals surface area contributed by atoms with Crippen molar-refractivity contribution in [3.8, 4) is 0 Å². The normalized spacial score (nSPS) is 12.3. The summed E-state index contributed by atoms with van der Waals surface area (Å²) in [6.07, 6.45) is 0. The Morgan fingerprint density at radius 1 is 0.390 bits per heavy atom. The summed E-state index contributed by atoms with van der Waals surface area (Å²) in [6, 6.07) is 26.8. The van der Waals surface area contributed by atoms with E-state index >= 15 is 0 Å². The van der Waals surface area contributed by atoms with Crippen LogP contribution in [0.2, 0.25) is 0 Å². The Hall–Kier alpha value is 0.522. The first kappa shape index (κ1) is 63.8. The van der Waals surface area contributed by atoms with Gasteiger partial charge in [-0.3, -0.25) is 0 Å². The van der Waals surface area contributed by atoms with Gasteiger partial charge in [0.25, 0.3) is 0 Å². The Balaban J connectivity index is -0.00000195. The van der Waals surface area contributed by atoms with Crippen molar-refractivity contribution in [2.45, 2.75) is 159 Å². The molecule has 0 aromatic heterocycles. The molecule has 0 radical (unpaired) electrons. The van der Waals surface area contributed by atoms with Crippen LogP contribution in [0.15, 0.2) is 60.7 Å². The standard InChI is InChI=1S/C36H66B2N4P2Si.2C4H10O2.2Li/c1-27(2)39(28(3)4)37(40(29(5)6)30(7)8)43-45(35-23-19-17-20-24-35,36-25-21-18-22-26-36)44-38(41(31(9)10)32(11)12)42(33(13)14)34(15)16;2*1-5-3-4-6-2;;/h17-34H,1-16H3;2*3-4H2,1-2H3;;/q-2;;;2*+1. The van der Waals surface area contributed by atoms with E-state index in [0.717, 1.165) is 0 Å². The summed E-state index contributed by atoms with van der Waals surface area (Å²) in [5.74, 6) is 0. The van der Waals surface area contributed by atoms with Crippen LogP contribution < -0.4 is 48.1 Å². The van der Waals surface area contributed by atoms with Crippen LogP contribution in [0.1, 0.15) is 111 Å². The molecule has 0 aliphatic rings. The van der Waals surface area contributed by atoms with Crippen LogP contribution in [-0.4, -0.2) is 143 Å². The van der Waals surface area contributed by atoms with Crippen LogP contribution in [-0.2, 0) is 18.9 Å². The first-order valence-corrected chi connectivity index (χ1v) is 27.0. The van der Waals surface area contributed by atoms with Gasteiger partial charge in [0.1, 0.15) is 13.4 Å². The minimum absolute atomic E-state index is 0. The first-order valence-electron chi connectivity index (χ1n) is 21.4. The quantitative estimate of drug-likeness (QED) is 0.0909. The zero-order chi connectivity index (χ0) is 43.9. The van der Waals surface area contributed by atoms with Gasteiger partial charge in [0.15, 0.2) is 0 Å². The molecule has 0 saturated carbocycles. The molecule has 0 aliphatic heterocycles. The number of benzene rings is 2. The van der Waals surface area contributed by atoms with E-state index in [2.05, 4.69) is 210 Å². The van der Waals surface area contributed by atoms with Crippen LogP contribution >= 0.6 is 16.0 Å². The largest absolute Gasteiger partial charge is 1.00 e. The van der Waals surface area contributed by atoms with Gasteiger partial charge >= 0.3 is 37.7 Å². The number of hydrogen-bond acceptors (Lipinski definition) is 8. The minimum atomic E-state index is -2.51. The third kappa shape index (κ3) is 21.8. The van der Waals surface area contributed by atoms with Crippen molar-refractivity contribution in [2.75, 3.05) is 54.9 Å². The molecule has 59 heavy (non-hydrogen) atoms. The summed E-state index contributed by atoms with van der Waals surface area (Å²) in [5, 5.41) is 3.07. The van der Waals surface area contributed by atoms with Gasteiger partial charge in [0, 0.05) is 28.4 Å². The van der Waals surface area contributed by atoms with Gasteiger partial charge in [-0.05, 0) is 48.3 Å². The number of nitrogens with zero attached hydrogens (tertiary/aromatic N) is 4. The molecule has 0 bridgehead atoms. The van der Waals surface area contributed by atoms with Gasteiger partial charge in [-0.2, -0.15) is 7.41 Å². The van der Waals surface area contributed by atoms with E-state index < -0.39 is 7.41 Å². The Labute approximate surface area is 395 Å². The second-order valence-corrected chi connectivity index (χ2v) is 27.4. The van der Waals surface area contributed by atoms with Gasteiger partial charge < -0.3 is 54.2 Å². The number of rotatable bonds is 24. The number of methoxy groups -OCH3 is 4. The summed E-state index contributed by atoms with van der Waals surface area (Å²) < 4.78 is 18.6. The van der Waals surface area contributed by atoms with Gasteiger partial charge in [0.05, 0.1) is 26.4 Å². The van der Waals surface area contributed by atoms with Crippen LogP contribution in [0.4, 0.5) is 0 Å². The Morgan fingerprint density at radius 2 is 0.576 bits per heavy atom. The summed E-state index contributed by atoms with van der Waals surface area (Å²) >= 11 is 0. The van der Waals surface area contributed by atoms with Gasteiger partial charge in [-0.1, -0.05) is 171 Å². The Kier molecular flexibility index (Phi) is 37.7. The summed E-state index contributed by atoms with van der Waals surface area (Å²) in [5.41, 5.74) is 0. The molecule has 0 spiro atoms. The van der Waals surface area contributed by atoms with E-state index in [1.807, 2.05) is 0 Å². The maximum absolute atomic E-state index is 4.66. The second-order valence-electron chi connectivity index (χ2n) is 16.9. The number of ether oxygens (including phenoxy) is 4. The van der Waals surface area contributed by atoms with Crippen LogP contribution in [0.3, 0.4) is 0 Å². The molecule has 15 heteroatoms. The average molecular weight is 861 g/mol. The second kappa shape index (κ2) is 34.9. The third-order valence-electron chi connectivity index (χ3n) is 9.78. The molecule has 0 N–H and O–H groups in total. The molecule has 2 aromatic rings. The van der Waals surface area contributed by atoms with Gasteiger partial charge in [-0.25, -0.2) is 0 Å².